The van der Waals surface area contributed by atoms with Crippen molar-refractivity contribution in [3.8, 4) is 0 Å². The third kappa shape index (κ3) is 4.00. The number of rotatable bonds is 2. The van der Waals surface area contributed by atoms with E-state index in [1.165, 1.54) is 43.5 Å². The van der Waals surface area contributed by atoms with E-state index in [1.807, 2.05) is 0 Å². The number of halogens is 1. The highest BCUT2D eigenvalue weighted by Crippen LogP contribution is 2.41. The summed E-state index contributed by atoms with van der Waals surface area (Å²) in [4.78, 5) is 2.68. The average Bonchev–Trinajstić information content (AvgIpc) is 2.61. The predicted octanol–water partition coefficient (Wildman–Crippen LogP) is 5.96. The summed E-state index contributed by atoms with van der Waals surface area (Å²) in [6.45, 7) is 10.5. The maximum absolute atomic E-state index is 2.68. The zero-order valence-electron chi connectivity index (χ0n) is 16.4. The van der Waals surface area contributed by atoms with Crippen LogP contribution in [0.15, 0.2) is 48.5 Å². The fraction of sp³-hybridized carbons (Fsp3) is 0.500. The molecule has 1 aliphatic carbocycles. The lowest BCUT2D eigenvalue weighted by atomic mass is 9.71. The Bertz CT molecular complexity index is 729. The maximum atomic E-state index is 2.68. The highest BCUT2D eigenvalue weighted by molar-refractivity contribution is 5.85. The molecule has 0 amide bonds. The van der Waals surface area contributed by atoms with E-state index < -0.39 is 0 Å². The molecule has 2 aromatic rings. The maximum Gasteiger partial charge on any atom is 0.0233 e. The van der Waals surface area contributed by atoms with Crippen molar-refractivity contribution in [2.24, 2.45) is 5.92 Å². The van der Waals surface area contributed by atoms with Crippen LogP contribution in [0.1, 0.15) is 61.8 Å². The molecule has 2 aromatic carbocycles. The number of hydrogen-bond acceptors (Lipinski definition) is 1. The molecule has 2 atom stereocenters. The zero-order chi connectivity index (χ0) is 17.4. The molecule has 4 rings (SSSR count). The van der Waals surface area contributed by atoms with Gasteiger partial charge in [0.2, 0.25) is 0 Å². The quantitative estimate of drug-likeness (QED) is 0.631. The number of benzene rings is 2. The molecule has 0 saturated carbocycles. The molecule has 1 heterocycles. The number of nitrogens with zero attached hydrogens (tertiary/aromatic N) is 1. The topological polar surface area (TPSA) is 3.24 Å². The van der Waals surface area contributed by atoms with Gasteiger partial charge in [-0.15, -0.1) is 12.4 Å². The summed E-state index contributed by atoms with van der Waals surface area (Å²) < 4.78 is 0. The summed E-state index contributed by atoms with van der Waals surface area (Å²) in [5, 5.41) is 0. The molecule has 0 radical (unpaired) electrons. The molecule has 1 saturated heterocycles. The van der Waals surface area contributed by atoms with E-state index in [4.69, 9.17) is 0 Å². The van der Waals surface area contributed by atoms with Gasteiger partial charge in [0.15, 0.2) is 0 Å². The van der Waals surface area contributed by atoms with Crippen LogP contribution in [-0.4, -0.2) is 18.0 Å². The molecule has 0 unspecified atom stereocenters. The second-order valence-corrected chi connectivity index (χ2v) is 9.07. The molecule has 140 valence electrons. The van der Waals surface area contributed by atoms with Crippen LogP contribution in [0.25, 0.3) is 0 Å². The summed E-state index contributed by atoms with van der Waals surface area (Å²) in [6, 6.07) is 18.5. The van der Waals surface area contributed by atoms with Crippen molar-refractivity contribution in [1.29, 1.82) is 0 Å². The number of piperidine rings is 1. The SMILES string of the molecule is CC(C)(C)c1ccc(CN2CC[C@H]3c4ccccc4CC[C@H]3C2)cc1.Cl. The predicted molar refractivity (Wildman–Crippen MR) is 113 cm³/mol. The van der Waals surface area contributed by atoms with Crippen LogP contribution in [-0.2, 0) is 18.4 Å². The van der Waals surface area contributed by atoms with Gasteiger partial charge in [-0.3, -0.25) is 4.90 Å². The third-order valence-electron chi connectivity index (χ3n) is 6.28. The van der Waals surface area contributed by atoms with Crippen LogP contribution in [0.4, 0.5) is 0 Å². The van der Waals surface area contributed by atoms with Crippen LogP contribution >= 0.6 is 12.4 Å². The molecule has 26 heavy (non-hydrogen) atoms. The van der Waals surface area contributed by atoms with Crippen molar-refractivity contribution in [3.05, 3.63) is 70.8 Å². The van der Waals surface area contributed by atoms with Gasteiger partial charge >= 0.3 is 0 Å². The smallest absolute Gasteiger partial charge is 0.0233 e. The molecule has 1 nitrogen and oxygen atoms in total. The van der Waals surface area contributed by atoms with Gasteiger partial charge in [-0.05, 0) is 65.3 Å². The zero-order valence-corrected chi connectivity index (χ0v) is 17.2. The summed E-state index contributed by atoms with van der Waals surface area (Å²) in [5.74, 6) is 1.64. The van der Waals surface area contributed by atoms with E-state index >= 15 is 0 Å². The lowest BCUT2D eigenvalue weighted by Crippen LogP contribution is -2.41. The minimum atomic E-state index is 0. The van der Waals surface area contributed by atoms with Crippen molar-refractivity contribution in [3.63, 3.8) is 0 Å². The van der Waals surface area contributed by atoms with Crippen LogP contribution in [0, 0.1) is 5.92 Å². The highest BCUT2D eigenvalue weighted by atomic mass is 35.5. The molecule has 0 bridgehead atoms. The molecule has 2 aliphatic rings. The Balaban J connectivity index is 0.00000196. The van der Waals surface area contributed by atoms with Crippen LogP contribution in [0.3, 0.4) is 0 Å². The number of likely N-dealkylation sites (tertiary alicyclic amines) is 1. The van der Waals surface area contributed by atoms with E-state index in [0.717, 1.165) is 18.4 Å². The van der Waals surface area contributed by atoms with Crippen molar-refractivity contribution >= 4 is 12.4 Å². The summed E-state index contributed by atoms with van der Waals surface area (Å²) in [5.41, 5.74) is 6.39. The number of hydrogen-bond donors (Lipinski definition) is 0. The van der Waals surface area contributed by atoms with Crippen molar-refractivity contribution < 1.29 is 0 Å². The largest absolute Gasteiger partial charge is 0.299 e. The van der Waals surface area contributed by atoms with Gasteiger partial charge in [0, 0.05) is 13.1 Å². The molecule has 1 aliphatic heterocycles. The molecular weight excluding hydrogens is 338 g/mol. The first-order chi connectivity index (χ1) is 12.0. The van der Waals surface area contributed by atoms with Gasteiger partial charge in [0.05, 0.1) is 0 Å². The van der Waals surface area contributed by atoms with Crippen molar-refractivity contribution in [2.75, 3.05) is 13.1 Å². The molecule has 0 N–H and O–H groups in total. The van der Waals surface area contributed by atoms with Crippen LogP contribution in [0.2, 0.25) is 0 Å². The Morgan fingerprint density at radius 1 is 0.962 bits per heavy atom. The van der Waals surface area contributed by atoms with E-state index in [0.29, 0.717) is 0 Å². The Hall–Kier alpha value is -1.31. The second kappa shape index (κ2) is 7.74. The van der Waals surface area contributed by atoms with Gasteiger partial charge in [0.1, 0.15) is 0 Å². The lowest BCUT2D eigenvalue weighted by molar-refractivity contribution is 0.135. The molecule has 2 heteroatoms. The van der Waals surface area contributed by atoms with E-state index in [-0.39, 0.29) is 17.8 Å². The Morgan fingerprint density at radius 3 is 2.42 bits per heavy atom. The van der Waals surface area contributed by atoms with Gasteiger partial charge in [0.25, 0.3) is 0 Å². The van der Waals surface area contributed by atoms with E-state index in [9.17, 15) is 0 Å². The first kappa shape index (κ1) is 19.5. The van der Waals surface area contributed by atoms with Crippen LogP contribution < -0.4 is 0 Å². The minimum Gasteiger partial charge on any atom is -0.299 e. The van der Waals surface area contributed by atoms with Gasteiger partial charge < -0.3 is 0 Å². The monoisotopic (exact) mass is 369 g/mol. The Labute approximate surface area is 165 Å². The molecule has 0 aromatic heterocycles. The van der Waals surface area contributed by atoms with E-state index in [2.05, 4.69) is 74.2 Å². The fourth-order valence-electron chi connectivity index (χ4n) is 4.79. The third-order valence-corrected chi connectivity index (χ3v) is 6.28. The van der Waals surface area contributed by atoms with Gasteiger partial charge in [-0.1, -0.05) is 69.3 Å². The van der Waals surface area contributed by atoms with Crippen LogP contribution in [0.5, 0.6) is 0 Å². The average molecular weight is 370 g/mol. The summed E-state index contributed by atoms with van der Waals surface area (Å²) in [6.07, 6.45) is 3.95. The first-order valence-corrected chi connectivity index (χ1v) is 9.90. The Morgan fingerprint density at radius 2 is 1.69 bits per heavy atom. The molecular formula is C24H32ClN. The van der Waals surface area contributed by atoms with E-state index in [1.54, 1.807) is 11.1 Å². The summed E-state index contributed by atoms with van der Waals surface area (Å²) in [7, 11) is 0. The normalized spacial score (nSPS) is 22.9. The lowest BCUT2D eigenvalue weighted by Gasteiger charge is -2.42. The first-order valence-electron chi connectivity index (χ1n) is 9.90. The summed E-state index contributed by atoms with van der Waals surface area (Å²) >= 11 is 0. The molecule has 0 spiro atoms. The Kier molecular flexibility index (Phi) is 5.79. The second-order valence-electron chi connectivity index (χ2n) is 9.07. The molecule has 1 fully saturated rings. The van der Waals surface area contributed by atoms with Crippen molar-refractivity contribution in [2.45, 2.75) is 57.9 Å². The number of aryl methyl sites for hydroxylation is 1. The standard InChI is InChI=1S/C24H31N.ClH/c1-24(2,3)21-12-8-18(9-13-21)16-25-15-14-23-20(17-25)11-10-19-6-4-5-7-22(19)23;/h4-9,12-13,20,23H,10-11,14-17H2,1-3H3;1H/t20-,23+;/m0./s1. The number of fused-ring (bicyclic) bond motifs is 3. The van der Waals surface area contributed by atoms with Gasteiger partial charge in [-0.25, -0.2) is 0 Å². The minimum absolute atomic E-state index is 0. The van der Waals surface area contributed by atoms with Gasteiger partial charge in [-0.2, -0.15) is 0 Å². The highest BCUT2D eigenvalue weighted by Gasteiger charge is 2.34. The fourth-order valence-corrected chi connectivity index (χ4v) is 4.79. The van der Waals surface area contributed by atoms with Crippen molar-refractivity contribution in [1.82, 2.24) is 4.90 Å².